The van der Waals surface area contributed by atoms with E-state index in [1.807, 2.05) is 18.2 Å². The molecule has 2 aromatic heterocycles. The molecule has 1 saturated carbocycles. The monoisotopic (exact) mass is 288 g/mol. The number of benzene rings is 1. The topological polar surface area (TPSA) is 105 Å². The van der Waals surface area contributed by atoms with E-state index in [9.17, 15) is 4.79 Å². The highest BCUT2D eigenvalue weighted by Crippen LogP contribution is 2.37. The van der Waals surface area contributed by atoms with Crippen LogP contribution in [-0.4, -0.2) is 24.7 Å². The van der Waals surface area contributed by atoms with E-state index in [4.69, 9.17) is 5.73 Å². The van der Waals surface area contributed by atoms with Crippen LogP contribution >= 0.6 is 11.8 Å². The van der Waals surface area contributed by atoms with Gasteiger partial charge in [-0.3, -0.25) is 4.57 Å². The largest absolute Gasteiger partial charge is 0.399 e. The lowest BCUT2D eigenvalue weighted by Crippen LogP contribution is -2.16. The van der Waals surface area contributed by atoms with Crippen molar-refractivity contribution in [3.05, 3.63) is 28.7 Å². The van der Waals surface area contributed by atoms with Crippen molar-refractivity contribution in [2.75, 3.05) is 5.73 Å². The van der Waals surface area contributed by atoms with Gasteiger partial charge in [-0.2, -0.15) is 0 Å². The van der Waals surface area contributed by atoms with Crippen LogP contribution in [0.2, 0.25) is 0 Å². The summed E-state index contributed by atoms with van der Waals surface area (Å²) >= 11 is 1.35. The van der Waals surface area contributed by atoms with E-state index in [1.165, 1.54) is 11.8 Å². The molecule has 0 unspecified atom stereocenters. The summed E-state index contributed by atoms with van der Waals surface area (Å²) in [6, 6.07) is 5.80. The number of hydrogen-bond donors (Lipinski definition) is 3. The summed E-state index contributed by atoms with van der Waals surface area (Å²) in [6.07, 6.45) is 2.06. The van der Waals surface area contributed by atoms with Crippen molar-refractivity contribution in [3.63, 3.8) is 0 Å². The van der Waals surface area contributed by atoms with Crippen LogP contribution in [0, 0.1) is 0 Å². The first-order chi connectivity index (χ1) is 9.70. The number of nitrogens with two attached hydrogens (primary N) is 1. The molecule has 20 heavy (non-hydrogen) atoms. The molecule has 102 valence electrons. The van der Waals surface area contributed by atoms with Crippen LogP contribution in [0.15, 0.2) is 33.3 Å². The molecule has 1 aromatic carbocycles. The van der Waals surface area contributed by atoms with Crippen LogP contribution in [0.3, 0.4) is 0 Å². The summed E-state index contributed by atoms with van der Waals surface area (Å²) in [5.41, 5.74) is 8.00. The lowest BCUT2D eigenvalue weighted by Gasteiger charge is -2.00. The molecule has 1 fully saturated rings. The van der Waals surface area contributed by atoms with E-state index in [-0.39, 0.29) is 11.7 Å². The Bertz CT molecular complexity index is 843. The SMILES string of the molecule is Nc1ccc2nc(Sc3n[nH]c(=O)n3C3CC3)[nH]c2c1. The van der Waals surface area contributed by atoms with E-state index in [1.54, 1.807) is 4.57 Å². The van der Waals surface area contributed by atoms with E-state index >= 15 is 0 Å². The molecule has 4 rings (SSSR count). The summed E-state index contributed by atoms with van der Waals surface area (Å²) in [5, 5.41) is 7.90. The maximum absolute atomic E-state index is 11.7. The first kappa shape index (κ1) is 11.6. The fourth-order valence-corrected chi connectivity index (χ4v) is 3.06. The van der Waals surface area contributed by atoms with Gasteiger partial charge in [0, 0.05) is 11.7 Å². The van der Waals surface area contributed by atoms with Gasteiger partial charge in [0.1, 0.15) is 0 Å². The first-order valence-electron chi connectivity index (χ1n) is 6.31. The predicted molar refractivity (Wildman–Crippen MR) is 75.7 cm³/mol. The molecule has 0 aliphatic heterocycles. The van der Waals surface area contributed by atoms with Crippen LogP contribution < -0.4 is 11.4 Å². The molecule has 0 amide bonds. The van der Waals surface area contributed by atoms with Crippen LogP contribution in [0.25, 0.3) is 11.0 Å². The lowest BCUT2D eigenvalue weighted by molar-refractivity contribution is 0.642. The molecule has 8 heteroatoms. The summed E-state index contributed by atoms with van der Waals surface area (Å²) in [4.78, 5) is 19.4. The summed E-state index contributed by atoms with van der Waals surface area (Å²) < 4.78 is 1.70. The maximum Gasteiger partial charge on any atom is 0.344 e. The second-order valence-electron chi connectivity index (χ2n) is 4.83. The van der Waals surface area contributed by atoms with Gasteiger partial charge in [0.2, 0.25) is 0 Å². The number of aromatic amines is 2. The quantitative estimate of drug-likeness (QED) is 0.634. The number of nitrogen functional groups attached to an aromatic ring is 1. The minimum atomic E-state index is -0.157. The molecule has 3 aromatic rings. The molecule has 1 aliphatic rings. The summed E-state index contributed by atoms with van der Waals surface area (Å²) in [5.74, 6) is 0. The highest BCUT2D eigenvalue weighted by atomic mass is 32.2. The second-order valence-corrected chi connectivity index (χ2v) is 5.79. The van der Waals surface area contributed by atoms with Gasteiger partial charge < -0.3 is 10.7 Å². The van der Waals surface area contributed by atoms with Crippen molar-refractivity contribution in [2.45, 2.75) is 29.2 Å². The van der Waals surface area contributed by atoms with Gasteiger partial charge in [0.15, 0.2) is 10.3 Å². The molecule has 1 aliphatic carbocycles. The summed E-state index contributed by atoms with van der Waals surface area (Å²) in [6.45, 7) is 0. The third kappa shape index (κ3) is 1.88. The van der Waals surface area contributed by atoms with Crippen LogP contribution in [0.4, 0.5) is 5.69 Å². The van der Waals surface area contributed by atoms with Crippen molar-refractivity contribution in [1.29, 1.82) is 0 Å². The molecule has 0 spiro atoms. The molecule has 0 saturated heterocycles. The Labute approximate surface area is 117 Å². The molecule has 0 radical (unpaired) electrons. The Balaban J connectivity index is 1.72. The lowest BCUT2D eigenvalue weighted by atomic mass is 10.3. The third-order valence-corrected chi connectivity index (χ3v) is 4.11. The van der Waals surface area contributed by atoms with Crippen molar-refractivity contribution >= 4 is 28.5 Å². The van der Waals surface area contributed by atoms with Gasteiger partial charge in [0.05, 0.1) is 11.0 Å². The average molecular weight is 288 g/mol. The van der Waals surface area contributed by atoms with E-state index in [0.29, 0.717) is 16.0 Å². The Morgan fingerprint density at radius 1 is 1.40 bits per heavy atom. The van der Waals surface area contributed by atoms with Gasteiger partial charge in [-0.15, -0.1) is 5.10 Å². The highest BCUT2D eigenvalue weighted by molar-refractivity contribution is 7.99. The maximum atomic E-state index is 11.7. The third-order valence-electron chi connectivity index (χ3n) is 3.26. The number of imidazole rings is 1. The van der Waals surface area contributed by atoms with Gasteiger partial charge in [-0.05, 0) is 42.8 Å². The fraction of sp³-hybridized carbons (Fsp3) is 0.250. The Kier molecular flexibility index (Phi) is 2.40. The first-order valence-corrected chi connectivity index (χ1v) is 7.12. The number of rotatable bonds is 3. The molecule has 0 bridgehead atoms. The Morgan fingerprint density at radius 2 is 2.25 bits per heavy atom. The second kappa shape index (κ2) is 4.14. The highest BCUT2D eigenvalue weighted by Gasteiger charge is 2.29. The molecular weight excluding hydrogens is 276 g/mol. The normalized spacial score (nSPS) is 15.0. The molecular formula is C12H12N6OS. The van der Waals surface area contributed by atoms with Gasteiger partial charge in [-0.1, -0.05) is 0 Å². The molecule has 4 N–H and O–H groups in total. The van der Waals surface area contributed by atoms with Crippen molar-refractivity contribution in [2.24, 2.45) is 0 Å². The van der Waals surface area contributed by atoms with Crippen LogP contribution in [0.5, 0.6) is 0 Å². The number of nitrogens with one attached hydrogen (secondary N) is 2. The average Bonchev–Trinajstić information content (AvgIpc) is 3.07. The minimum Gasteiger partial charge on any atom is -0.399 e. The van der Waals surface area contributed by atoms with Crippen LogP contribution in [0.1, 0.15) is 18.9 Å². The number of nitrogens with zero attached hydrogens (tertiary/aromatic N) is 3. The number of anilines is 1. The Morgan fingerprint density at radius 3 is 3.05 bits per heavy atom. The number of fused-ring (bicyclic) bond motifs is 1. The van der Waals surface area contributed by atoms with E-state index < -0.39 is 0 Å². The van der Waals surface area contributed by atoms with Crippen molar-refractivity contribution in [1.82, 2.24) is 24.7 Å². The summed E-state index contributed by atoms with van der Waals surface area (Å²) in [7, 11) is 0. The van der Waals surface area contributed by atoms with Gasteiger partial charge in [0.25, 0.3) is 0 Å². The fourth-order valence-electron chi connectivity index (χ4n) is 2.16. The standard InChI is InChI=1S/C12H12N6OS/c13-6-1-4-8-9(5-6)15-10(14-8)20-12-17-16-11(19)18(12)7-2-3-7/h1,4-5,7H,2-3,13H2,(H,14,15)(H,16,19). The van der Waals surface area contributed by atoms with E-state index in [0.717, 1.165) is 23.9 Å². The zero-order valence-corrected chi connectivity index (χ0v) is 11.3. The predicted octanol–water partition coefficient (Wildman–Crippen LogP) is 1.52. The van der Waals surface area contributed by atoms with Crippen molar-refractivity contribution < 1.29 is 0 Å². The van der Waals surface area contributed by atoms with Gasteiger partial charge in [-0.25, -0.2) is 14.9 Å². The minimum absolute atomic E-state index is 0.157. The van der Waals surface area contributed by atoms with Crippen LogP contribution in [-0.2, 0) is 0 Å². The zero-order valence-electron chi connectivity index (χ0n) is 10.5. The Hall–Kier alpha value is -2.22. The molecule has 0 atom stereocenters. The molecule has 2 heterocycles. The smallest absolute Gasteiger partial charge is 0.344 e. The van der Waals surface area contributed by atoms with Crippen molar-refractivity contribution in [3.8, 4) is 0 Å². The number of hydrogen-bond acceptors (Lipinski definition) is 5. The number of aromatic nitrogens is 5. The van der Waals surface area contributed by atoms with E-state index in [2.05, 4.69) is 20.2 Å². The number of H-pyrrole nitrogens is 2. The van der Waals surface area contributed by atoms with Gasteiger partial charge >= 0.3 is 5.69 Å². The molecule has 7 nitrogen and oxygen atoms in total. The zero-order chi connectivity index (χ0) is 13.7.